The van der Waals surface area contributed by atoms with Crippen LogP contribution in [0.3, 0.4) is 0 Å². The Kier molecular flexibility index (Phi) is 6.23. The molecule has 0 radical (unpaired) electrons. The van der Waals surface area contributed by atoms with Crippen molar-refractivity contribution in [3.8, 4) is 0 Å². The van der Waals surface area contributed by atoms with Crippen LogP contribution in [0.25, 0.3) is 10.2 Å². The first kappa shape index (κ1) is 25.4. The lowest BCUT2D eigenvalue weighted by Crippen LogP contribution is -2.45. The molecule has 0 spiro atoms. The molecule has 3 atom stereocenters. The van der Waals surface area contributed by atoms with E-state index >= 15 is 0 Å². The first-order valence-corrected chi connectivity index (χ1v) is 15.3. The second-order valence-electron chi connectivity index (χ2n) is 12.9. The molecule has 2 bridgehead atoms. The van der Waals surface area contributed by atoms with E-state index in [0.717, 1.165) is 61.2 Å². The smallest absolute Gasteiger partial charge is 0.335 e. The zero-order valence-corrected chi connectivity index (χ0v) is 23.4. The van der Waals surface area contributed by atoms with E-state index in [1.807, 2.05) is 0 Å². The van der Waals surface area contributed by atoms with Crippen molar-refractivity contribution < 1.29 is 23.6 Å². The Bertz CT molecular complexity index is 1390. The summed E-state index contributed by atoms with van der Waals surface area (Å²) in [6.07, 6.45) is 11.2. The van der Waals surface area contributed by atoms with E-state index in [1.165, 1.54) is 48.6 Å². The predicted octanol–water partition coefficient (Wildman–Crippen LogP) is 7.40. The van der Waals surface area contributed by atoms with Crippen molar-refractivity contribution in [1.82, 2.24) is 10.1 Å². The van der Waals surface area contributed by atoms with Crippen LogP contribution in [0.2, 0.25) is 0 Å². The van der Waals surface area contributed by atoms with Crippen LogP contribution in [-0.2, 0) is 11.3 Å². The summed E-state index contributed by atoms with van der Waals surface area (Å²) in [5.74, 6) is 0.329. The Balaban J connectivity index is 1.06. The molecule has 7 nitrogen and oxygen atoms in total. The Morgan fingerprint density at radius 3 is 2.51 bits per heavy atom. The standard InChI is InChI=1S/C30H36FN3O4S/c1-30(2)9-7-16(8-10-30)25-22(27(38-33-25)17-3-4-17)15-37-21-13-19-5-6-20(14-21)34(19)29-32-26-23(31)11-18(28(35)36)12-24(26)39-29/h11-12,16-17,19-21H,3-10,13-15H2,1-2H3,(H,35,36)/t19-,20?,21?/m0/s1. The largest absolute Gasteiger partial charge is 0.478 e. The predicted molar refractivity (Wildman–Crippen MR) is 147 cm³/mol. The van der Waals surface area contributed by atoms with Crippen LogP contribution in [0.4, 0.5) is 9.52 Å². The van der Waals surface area contributed by atoms with E-state index < -0.39 is 11.8 Å². The minimum Gasteiger partial charge on any atom is -0.478 e. The molecular weight excluding hydrogens is 517 g/mol. The second-order valence-corrected chi connectivity index (χ2v) is 13.9. The van der Waals surface area contributed by atoms with Gasteiger partial charge in [0.05, 0.1) is 28.7 Å². The van der Waals surface area contributed by atoms with E-state index in [1.54, 1.807) is 0 Å². The second kappa shape index (κ2) is 9.54. The van der Waals surface area contributed by atoms with Gasteiger partial charge in [0, 0.05) is 29.5 Å². The number of aromatic carboxylic acids is 1. The molecule has 4 heterocycles. The molecule has 3 aromatic rings. The van der Waals surface area contributed by atoms with Gasteiger partial charge in [-0.15, -0.1) is 0 Å². The third-order valence-electron chi connectivity index (χ3n) is 9.58. The SMILES string of the molecule is CC1(C)CCC(c2noc(C3CC3)c2COC2CC3CC[C@@H](C2)N3c2nc3c(F)cc(C(=O)O)cc3s2)CC1. The Labute approximate surface area is 231 Å². The van der Waals surface area contributed by atoms with Gasteiger partial charge in [-0.2, -0.15) is 0 Å². The van der Waals surface area contributed by atoms with Gasteiger partial charge in [0.1, 0.15) is 11.3 Å². The molecule has 2 aliphatic heterocycles. The van der Waals surface area contributed by atoms with E-state index in [0.29, 0.717) is 40.6 Å². The summed E-state index contributed by atoms with van der Waals surface area (Å²) in [5.41, 5.74) is 2.99. The maximum atomic E-state index is 14.6. The minimum absolute atomic E-state index is 0.0408. The van der Waals surface area contributed by atoms with Crippen LogP contribution in [0.5, 0.6) is 0 Å². The van der Waals surface area contributed by atoms with Gasteiger partial charge in [-0.05, 0) is 81.8 Å². The Morgan fingerprint density at radius 1 is 1.13 bits per heavy atom. The third-order valence-corrected chi connectivity index (χ3v) is 10.6. The molecule has 2 saturated carbocycles. The summed E-state index contributed by atoms with van der Waals surface area (Å²) in [6, 6.07) is 3.18. The number of rotatable bonds is 7. The topological polar surface area (TPSA) is 88.7 Å². The molecular formula is C30H36FN3O4S. The van der Waals surface area contributed by atoms with Gasteiger partial charge in [0.15, 0.2) is 10.9 Å². The molecule has 9 heteroatoms. The van der Waals surface area contributed by atoms with Crippen LogP contribution >= 0.6 is 11.3 Å². The molecule has 4 fully saturated rings. The van der Waals surface area contributed by atoms with E-state index in [-0.39, 0.29) is 17.2 Å². The molecule has 7 rings (SSSR count). The average molecular weight is 554 g/mol. The zero-order chi connectivity index (χ0) is 26.9. The fourth-order valence-corrected chi connectivity index (χ4v) is 8.29. The van der Waals surface area contributed by atoms with Crippen LogP contribution in [0, 0.1) is 11.2 Å². The normalized spacial score (nSPS) is 26.9. The highest BCUT2D eigenvalue weighted by Gasteiger charge is 2.43. The van der Waals surface area contributed by atoms with Crippen LogP contribution in [0.15, 0.2) is 16.7 Å². The number of aromatic nitrogens is 2. The third kappa shape index (κ3) is 4.75. The van der Waals surface area contributed by atoms with Crippen molar-refractivity contribution in [2.45, 2.75) is 115 Å². The van der Waals surface area contributed by atoms with Crippen LogP contribution in [0.1, 0.15) is 117 Å². The number of hydrogen-bond donors (Lipinski definition) is 1. The first-order chi connectivity index (χ1) is 18.8. The highest BCUT2D eigenvalue weighted by molar-refractivity contribution is 7.22. The number of hydrogen-bond acceptors (Lipinski definition) is 7. The summed E-state index contributed by atoms with van der Waals surface area (Å²) in [6.45, 7) is 5.30. The van der Waals surface area contributed by atoms with Gasteiger partial charge in [-0.1, -0.05) is 30.3 Å². The molecule has 39 heavy (non-hydrogen) atoms. The number of carbonyl (C=O) groups is 1. The number of benzene rings is 1. The molecule has 1 N–H and O–H groups in total. The maximum absolute atomic E-state index is 14.6. The number of piperidine rings is 1. The molecule has 2 aliphatic carbocycles. The van der Waals surface area contributed by atoms with Gasteiger partial charge in [-0.3, -0.25) is 0 Å². The fraction of sp³-hybridized carbons (Fsp3) is 0.633. The van der Waals surface area contributed by atoms with Gasteiger partial charge in [-0.25, -0.2) is 14.2 Å². The number of carboxylic acid groups (broad SMARTS) is 1. The number of nitrogens with zero attached hydrogens (tertiary/aromatic N) is 3. The molecule has 1 aromatic carbocycles. The summed E-state index contributed by atoms with van der Waals surface area (Å²) in [4.78, 5) is 18.3. The van der Waals surface area contributed by atoms with Crippen molar-refractivity contribution in [2.24, 2.45) is 5.41 Å². The van der Waals surface area contributed by atoms with E-state index in [9.17, 15) is 14.3 Å². The number of halogens is 1. The monoisotopic (exact) mass is 553 g/mol. The molecule has 4 aliphatic rings. The van der Waals surface area contributed by atoms with Crippen molar-refractivity contribution in [2.75, 3.05) is 4.90 Å². The Hall–Kier alpha value is -2.52. The van der Waals surface area contributed by atoms with Crippen molar-refractivity contribution in [3.05, 3.63) is 40.5 Å². The number of fused-ring (bicyclic) bond motifs is 3. The quantitative estimate of drug-likeness (QED) is 0.326. The first-order valence-electron chi connectivity index (χ1n) is 14.5. The number of anilines is 1. The fourth-order valence-electron chi connectivity index (χ4n) is 7.13. The number of carboxylic acids is 1. The molecule has 208 valence electrons. The summed E-state index contributed by atoms with van der Waals surface area (Å²) < 4.78 is 27.8. The van der Waals surface area contributed by atoms with E-state index in [2.05, 4.69) is 28.9 Å². The minimum atomic E-state index is -1.13. The summed E-state index contributed by atoms with van der Waals surface area (Å²) in [5, 5.41) is 14.7. The lowest BCUT2D eigenvalue weighted by Gasteiger charge is -2.38. The summed E-state index contributed by atoms with van der Waals surface area (Å²) >= 11 is 1.39. The lowest BCUT2D eigenvalue weighted by molar-refractivity contribution is 0.0140. The lowest BCUT2D eigenvalue weighted by atomic mass is 9.72. The van der Waals surface area contributed by atoms with Crippen molar-refractivity contribution >= 4 is 32.7 Å². The molecule has 2 aromatic heterocycles. The molecule has 0 amide bonds. The number of ether oxygens (including phenoxy) is 1. The molecule has 2 saturated heterocycles. The van der Waals surface area contributed by atoms with Crippen LogP contribution < -0.4 is 4.90 Å². The summed E-state index contributed by atoms with van der Waals surface area (Å²) in [7, 11) is 0. The zero-order valence-electron chi connectivity index (χ0n) is 22.6. The van der Waals surface area contributed by atoms with E-state index in [4.69, 9.17) is 9.26 Å². The van der Waals surface area contributed by atoms with Gasteiger partial charge >= 0.3 is 5.97 Å². The van der Waals surface area contributed by atoms with Gasteiger partial charge in [0.2, 0.25) is 0 Å². The number of thiazole rings is 1. The Morgan fingerprint density at radius 2 is 1.85 bits per heavy atom. The molecule has 2 unspecified atom stereocenters. The van der Waals surface area contributed by atoms with Crippen LogP contribution in [-0.4, -0.2) is 39.4 Å². The van der Waals surface area contributed by atoms with Gasteiger partial charge in [0.25, 0.3) is 0 Å². The highest BCUT2D eigenvalue weighted by atomic mass is 32.1. The maximum Gasteiger partial charge on any atom is 0.335 e. The van der Waals surface area contributed by atoms with Crippen molar-refractivity contribution in [3.63, 3.8) is 0 Å². The average Bonchev–Trinajstić information content (AvgIpc) is 3.41. The highest BCUT2D eigenvalue weighted by Crippen LogP contribution is 2.48. The van der Waals surface area contributed by atoms with Crippen molar-refractivity contribution in [1.29, 1.82) is 0 Å². The van der Waals surface area contributed by atoms with Gasteiger partial charge < -0.3 is 19.3 Å².